The lowest BCUT2D eigenvalue weighted by Gasteiger charge is -2.38. The number of hydrogen-bond acceptors (Lipinski definition) is 4. The molecule has 8 heteroatoms. The van der Waals surface area contributed by atoms with Gasteiger partial charge in [-0.1, -0.05) is 11.6 Å². The standard InChI is InChI=1S/C26H25ClFN3O3/c1-16(24(32)31-12-8-26(9-13-31)7-11-30-25(26)33)34-18-3-5-21-19(6-10-29-23(21)15-18)20-4-2-17(28)14-22(20)27/h2-6,10,14-16H,7-9,11-13H2,1H3,(H,30,33)/t16-/m1/s1. The number of likely N-dealkylation sites (tertiary alicyclic amines) is 1. The van der Waals surface area contributed by atoms with Gasteiger partial charge in [-0.2, -0.15) is 0 Å². The summed E-state index contributed by atoms with van der Waals surface area (Å²) >= 11 is 6.27. The summed E-state index contributed by atoms with van der Waals surface area (Å²) in [5.41, 5.74) is 1.92. The molecule has 34 heavy (non-hydrogen) atoms. The Balaban J connectivity index is 1.30. The molecule has 6 nitrogen and oxygen atoms in total. The molecule has 5 rings (SSSR count). The van der Waals surface area contributed by atoms with Crippen LogP contribution in [0.2, 0.25) is 5.02 Å². The smallest absolute Gasteiger partial charge is 0.263 e. The Hall–Kier alpha value is -3.19. The second-order valence-corrected chi connectivity index (χ2v) is 9.44. The SMILES string of the molecule is C[C@@H](Oc1ccc2c(-c3ccc(F)cc3Cl)ccnc2c1)C(=O)N1CCC2(CCNC2=O)CC1. The van der Waals surface area contributed by atoms with Crippen molar-refractivity contribution in [1.82, 2.24) is 15.2 Å². The molecule has 2 aliphatic rings. The van der Waals surface area contributed by atoms with Crippen LogP contribution in [0.1, 0.15) is 26.2 Å². The highest BCUT2D eigenvalue weighted by Gasteiger charge is 2.45. The van der Waals surface area contributed by atoms with E-state index in [9.17, 15) is 14.0 Å². The predicted molar refractivity (Wildman–Crippen MR) is 128 cm³/mol. The maximum absolute atomic E-state index is 13.5. The van der Waals surface area contributed by atoms with Crippen LogP contribution in [0.4, 0.5) is 4.39 Å². The molecule has 2 amide bonds. The Morgan fingerprint density at radius 3 is 2.65 bits per heavy atom. The van der Waals surface area contributed by atoms with Crippen LogP contribution >= 0.6 is 11.6 Å². The minimum atomic E-state index is -0.668. The number of rotatable bonds is 4. The summed E-state index contributed by atoms with van der Waals surface area (Å²) in [7, 11) is 0. The van der Waals surface area contributed by atoms with Crippen LogP contribution in [-0.4, -0.2) is 47.4 Å². The van der Waals surface area contributed by atoms with Gasteiger partial charge in [0.15, 0.2) is 6.10 Å². The molecule has 3 heterocycles. The summed E-state index contributed by atoms with van der Waals surface area (Å²) in [5, 5.41) is 4.09. The minimum Gasteiger partial charge on any atom is -0.481 e. The highest BCUT2D eigenvalue weighted by atomic mass is 35.5. The minimum absolute atomic E-state index is 0.0897. The van der Waals surface area contributed by atoms with E-state index in [-0.39, 0.29) is 17.2 Å². The first-order valence-electron chi connectivity index (χ1n) is 11.4. The molecule has 2 saturated heterocycles. The van der Waals surface area contributed by atoms with Gasteiger partial charge >= 0.3 is 0 Å². The fourth-order valence-corrected chi connectivity index (χ4v) is 5.27. The number of amides is 2. The molecule has 2 aliphatic heterocycles. The van der Waals surface area contributed by atoms with Crippen LogP contribution in [0.3, 0.4) is 0 Å². The molecule has 0 radical (unpaired) electrons. The molecule has 1 aromatic heterocycles. The van der Waals surface area contributed by atoms with E-state index in [2.05, 4.69) is 10.3 Å². The van der Waals surface area contributed by atoms with Gasteiger partial charge in [-0.05, 0) is 68.1 Å². The molecule has 1 spiro atoms. The zero-order valence-electron chi connectivity index (χ0n) is 18.8. The van der Waals surface area contributed by atoms with Crippen molar-refractivity contribution in [3.8, 4) is 16.9 Å². The summed E-state index contributed by atoms with van der Waals surface area (Å²) in [6, 6.07) is 11.6. The van der Waals surface area contributed by atoms with Gasteiger partial charge in [-0.25, -0.2) is 4.39 Å². The van der Waals surface area contributed by atoms with E-state index in [0.717, 1.165) is 23.9 Å². The molecule has 0 aliphatic carbocycles. The van der Waals surface area contributed by atoms with Gasteiger partial charge in [0.1, 0.15) is 11.6 Å². The topological polar surface area (TPSA) is 71.5 Å². The molecule has 2 fully saturated rings. The lowest BCUT2D eigenvalue weighted by Crippen LogP contribution is -2.49. The summed E-state index contributed by atoms with van der Waals surface area (Å²) in [4.78, 5) is 31.4. The molecule has 0 saturated carbocycles. The fourth-order valence-electron chi connectivity index (χ4n) is 5.00. The van der Waals surface area contributed by atoms with Crippen LogP contribution in [0.15, 0.2) is 48.7 Å². The van der Waals surface area contributed by atoms with E-state index >= 15 is 0 Å². The molecule has 1 atom stereocenters. The van der Waals surface area contributed by atoms with E-state index in [1.807, 2.05) is 12.1 Å². The average molecular weight is 482 g/mol. The second kappa shape index (κ2) is 8.87. The van der Waals surface area contributed by atoms with Crippen molar-refractivity contribution in [2.75, 3.05) is 19.6 Å². The lowest BCUT2D eigenvalue weighted by atomic mass is 9.77. The molecular weight excluding hydrogens is 457 g/mol. The quantitative estimate of drug-likeness (QED) is 0.591. The Kier molecular flexibility index (Phi) is 5.90. The van der Waals surface area contributed by atoms with Crippen molar-refractivity contribution in [1.29, 1.82) is 0 Å². The number of aromatic nitrogens is 1. The Morgan fingerprint density at radius 2 is 1.94 bits per heavy atom. The fraction of sp³-hybridized carbons (Fsp3) is 0.346. The normalized spacial score (nSPS) is 18.2. The third-order valence-electron chi connectivity index (χ3n) is 7.00. The number of nitrogens with zero attached hydrogens (tertiary/aromatic N) is 2. The van der Waals surface area contributed by atoms with Gasteiger partial charge in [0.05, 0.1) is 16.0 Å². The first-order valence-corrected chi connectivity index (χ1v) is 11.8. The van der Waals surface area contributed by atoms with Crippen LogP contribution in [-0.2, 0) is 9.59 Å². The van der Waals surface area contributed by atoms with Crippen molar-refractivity contribution >= 4 is 34.3 Å². The molecule has 0 unspecified atom stereocenters. The van der Waals surface area contributed by atoms with E-state index in [1.165, 1.54) is 12.1 Å². The molecule has 0 bridgehead atoms. The molecular formula is C26H25ClFN3O3. The maximum atomic E-state index is 13.5. The highest BCUT2D eigenvalue weighted by Crippen LogP contribution is 2.38. The van der Waals surface area contributed by atoms with Gasteiger partial charge in [-0.15, -0.1) is 0 Å². The van der Waals surface area contributed by atoms with Gasteiger partial charge in [0, 0.05) is 42.8 Å². The number of carbonyl (C=O) groups is 2. The van der Waals surface area contributed by atoms with E-state index < -0.39 is 11.9 Å². The lowest BCUT2D eigenvalue weighted by molar-refractivity contribution is -0.143. The Labute approximate surface area is 202 Å². The number of fused-ring (bicyclic) bond motifs is 1. The summed E-state index contributed by atoms with van der Waals surface area (Å²) in [6.07, 6.45) is 3.21. The number of halogens is 2. The molecule has 1 N–H and O–H groups in total. The van der Waals surface area contributed by atoms with Gasteiger partial charge in [0.25, 0.3) is 5.91 Å². The third-order valence-corrected chi connectivity index (χ3v) is 7.31. The number of piperidine rings is 1. The van der Waals surface area contributed by atoms with Crippen molar-refractivity contribution in [3.63, 3.8) is 0 Å². The number of pyridine rings is 1. The number of benzene rings is 2. The number of carbonyl (C=O) groups excluding carboxylic acids is 2. The van der Waals surface area contributed by atoms with Crippen molar-refractivity contribution < 1.29 is 18.7 Å². The van der Waals surface area contributed by atoms with E-state index in [4.69, 9.17) is 16.3 Å². The largest absolute Gasteiger partial charge is 0.481 e. The zero-order valence-corrected chi connectivity index (χ0v) is 19.6. The van der Waals surface area contributed by atoms with Crippen molar-refractivity contribution in [2.24, 2.45) is 5.41 Å². The van der Waals surface area contributed by atoms with E-state index in [0.29, 0.717) is 47.8 Å². The monoisotopic (exact) mass is 481 g/mol. The van der Waals surface area contributed by atoms with Gasteiger partial charge in [0.2, 0.25) is 5.91 Å². The average Bonchev–Trinajstić information content (AvgIpc) is 3.18. The Morgan fingerprint density at radius 1 is 1.15 bits per heavy atom. The number of ether oxygens (including phenoxy) is 1. The van der Waals surface area contributed by atoms with E-state index in [1.54, 1.807) is 36.2 Å². The number of hydrogen-bond donors (Lipinski definition) is 1. The van der Waals surface area contributed by atoms with Crippen LogP contribution < -0.4 is 10.1 Å². The summed E-state index contributed by atoms with van der Waals surface area (Å²) in [6.45, 7) is 3.57. The van der Waals surface area contributed by atoms with Crippen molar-refractivity contribution in [3.05, 3.63) is 59.5 Å². The van der Waals surface area contributed by atoms with Gasteiger partial charge in [-0.3, -0.25) is 14.6 Å². The predicted octanol–water partition coefficient (Wildman–Crippen LogP) is 4.59. The van der Waals surface area contributed by atoms with Crippen LogP contribution in [0.5, 0.6) is 5.75 Å². The number of nitrogens with one attached hydrogen (secondary N) is 1. The Bertz CT molecular complexity index is 1270. The van der Waals surface area contributed by atoms with Crippen LogP contribution in [0.25, 0.3) is 22.0 Å². The van der Waals surface area contributed by atoms with Crippen LogP contribution in [0, 0.1) is 11.2 Å². The summed E-state index contributed by atoms with van der Waals surface area (Å²) < 4.78 is 19.5. The molecule has 3 aromatic rings. The first-order chi connectivity index (χ1) is 16.4. The molecule has 2 aromatic carbocycles. The summed E-state index contributed by atoms with van der Waals surface area (Å²) in [5.74, 6) is 0.172. The first kappa shape index (κ1) is 22.6. The van der Waals surface area contributed by atoms with Gasteiger partial charge < -0.3 is 15.0 Å². The zero-order chi connectivity index (χ0) is 23.9. The maximum Gasteiger partial charge on any atom is 0.263 e. The third kappa shape index (κ3) is 4.09. The highest BCUT2D eigenvalue weighted by molar-refractivity contribution is 6.33. The van der Waals surface area contributed by atoms with Crippen molar-refractivity contribution in [2.45, 2.75) is 32.3 Å². The molecule has 176 valence electrons. The second-order valence-electron chi connectivity index (χ2n) is 9.03.